The second kappa shape index (κ2) is 5.42. The van der Waals surface area contributed by atoms with Gasteiger partial charge in [-0.25, -0.2) is 4.98 Å². The van der Waals surface area contributed by atoms with E-state index in [9.17, 15) is 4.79 Å². The van der Waals surface area contributed by atoms with E-state index in [1.54, 1.807) is 6.20 Å². The van der Waals surface area contributed by atoms with Crippen molar-refractivity contribution in [3.8, 4) is 0 Å². The number of hydrogen-bond acceptors (Lipinski definition) is 3. The third-order valence-electron chi connectivity index (χ3n) is 1.98. The van der Waals surface area contributed by atoms with Crippen LogP contribution in [0.25, 0.3) is 0 Å². The van der Waals surface area contributed by atoms with Crippen LogP contribution in [0.3, 0.4) is 0 Å². The number of imidazole rings is 1. The predicted octanol–water partition coefficient (Wildman–Crippen LogP) is 1.31. The Labute approximate surface area is 83.9 Å². The van der Waals surface area contributed by atoms with Gasteiger partial charge < -0.3 is 9.30 Å². The molecule has 14 heavy (non-hydrogen) atoms. The van der Waals surface area contributed by atoms with Crippen LogP contribution in [0.4, 0.5) is 0 Å². The second-order valence-electron chi connectivity index (χ2n) is 3.21. The first kappa shape index (κ1) is 10.8. The summed E-state index contributed by atoms with van der Waals surface area (Å²) >= 11 is 0. The molecule has 0 N–H and O–H groups in total. The monoisotopic (exact) mass is 196 g/mol. The summed E-state index contributed by atoms with van der Waals surface area (Å²) < 4.78 is 6.84. The molecule has 0 amide bonds. The van der Waals surface area contributed by atoms with Gasteiger partial charge in [0.2, 0.25) is 0 Å². The smallest absolute Gasteiger partial charge is 0.313 e. The lowest BCUT2D eigenvalue weighted by Crippen LogP contribution is -2.12. The standard InChI is InChI=1S/C10H16N2O2/c1-3-4-7-14-10(13)8-9-11-5-6-12(9)2/h5-6H,3-4,7-8H2,1-2H3. The number of aryl methyl sites for hydroxylation is 1. The fraction of sp³-hybridized carbons (Fsp3) is 0.600. The fourth-order valence-corrected chi connectivity index (χ4v) is 1.08. The Kier molecular flexibility index (Phi) is 4.16. The number of hydrogen-bond donors (Lipinski definition) is 0. The average molecular weight is 196 g/mol. The summed E-state index contributed by atoms with van der Waals surface area (Å²) in [5.41, 5.74) is 0. The Morgan fingerprint density at radius 3 is 3.00 bits per heavy atom. The summed E-state index contributed by atoms with van der Waals surface area (Å²) in [7, 11) is 1.86. The summed E-state index contributed by atoms with van der Waals surface area (Å²) in [6, 6.07) is 0. The summed E-state index contributed by atoms with van der Waals surface area (Å²) in [6.07, 6.45) is 5.71. The molecular formula is C10H16N2O2. The topological polar surface area (TPSA) is 44.1 Å². The van der Waals surface area contributed by atoms with Gasteiger partial charge in [-0.3, -0.25) is 4.79 Å². The van der Waals surface area contributed by atoms with Gasteiger partial charge in [0.1, 0.15) is 12.2 Å². The van der Waals surface area contributed by atoms with Crippen molar-refractivity contribution >= 4 is 5.97 Å². The van der Waals surface area contributed by atoms with E-state index in [1.807, 2.05) is 17.8 Å². The molecule has 0 bridgehead atoms. The molecule has 0 aliphatic heterocycles. The van der Waals surface area contributed by atoms with E-state index in [4.69, 9.17) is 4.74 Å². The average Bonchev–Trinajstić information content (AvgIpc) is 2.52. The van der Waals surface area contributed by atoms with Crippen LogP contribution in [0.15, 0.2) is 12.4 Å². The van der Waals surface area contributed by atoms with Crippen LogP contribution in [0.2, 0.25) is 0 Å². The van der Waals surface area contributed by atoms with Crippen molar-refractivity contribution in [1.82, 2.24) is 9.55 Å². The highest BCUT2D eigenvalue weighted by Crippen LogP contribution is 1.98. The maximum Gasteiger partial charge on any atom is 0.313 e. The first-order chi connectivity index (χ1) is 6.74. The molecule has 0 aliphatic rings. The number of esters is 1. The third kappa shape index (κ3) is 3.20. The van der Waals surface area contributed by atoms with Gasteiger partial charge >= 0.3 is 5.97 Å². The molecule has 0 aromatic carbocycles. The van der Waals surface area contributed by atoms with Gasteiger partial charge in [0.25, 0.3) is 0 Å². The van der Waals surface area contributed by atoms with Crippen LogP contribution in [0.5, 0.6) is 0 Å². The van der Waals surface area contributed by atoms with E-state index in [0.29, 0.717) is 6.61 Å². The Hall–Kier alpha value is -1.32. The van der Waals surface area contributed by atoms with Crippen molar-refractivity contribution in [3.63, 3.8) is 0 Å². The molecular weight excluding hydrogens is 180 g/mol. The number of aromatic nitrogens is 2. The zero-order chi connectivity index (χ0) is 10.4. The van der Waals surface area contributed by atoms with Crippen molar-refractivity contribution < 1.29 is 9.53 Å². The zero-order valence-electron chi connectivity index (χ0n) is 8.69. The molecule has 0 saturated carbocycles. The Morgan fingerprint density at radius 1 is 1.64 bits per heavy atom. The van der Waals surface area contributed by atoms with Crippen molar-refractivity contribution in [2.75, 3.05) is 6.61 Å². The Bertz CT molecular complexity index is 294. The highest BCUT2D eigenvalue weighted by molar-refractivity contribution is 5.71. The van der Waals surface area contributed by atoms with Crippen LogP contribution in [0.1, 0.15) is 25.6 Å². The number of ether oxygens (including phenoxy) is 1. The molecule has 4 heteroatoms. The summed E-state index contributed by atoms with van der Waals surface area (Å²) in [5.74, 6) is 0.541. The van der Waals surface area contributed by atoms with E-state index >= 15 is 0 Å². The highest BCUT2D eigenvalue weighted by atomic mass is 16.5. The Balaban J connectivity index is 2.31. The lowest BCUT2D eigenvalue weighted by atomic mass is 10.3. The van der Waals surface area contributed by atoms with Crippen molar-refractivity contribution in [3.05, 3.63) is 18.2 Å². The molecule has 0 spiro atoms. The minimum Gasteiger partial charge on any atom is -0.465 e. The van der Waals surface area contributed by atoms with Crippen molar-refractivity contribution in [1.29, 1.82) is 0 Å². The van der Waals surface area contributed by atoms with Gasteiger partial charge in [0, 0.05) is 19.4 Å². The highest BCUT2D eigenvalue weighted by Gasteiger charge is 2.07. The Morgan fingerprint density at radius 2 is 2.43 bits per heavy atom. The summed E-state index contributed by atoms with van der Waals surface area (Å²) in [4.78, 5) is 15.3. The van der Waals surface area contributed by atoms with Crippen LogP contribution in [-0.2, 0) is 23.0 Å². The molecule has 1 aromatic rings. The summed E-state index contributed by atoms with van der Waals surface area (Å²) in [6.45, 7) is 2.58. The van der Waals surface area contributed by atoms with Crippen LogP contribution < -0.4 is 0 Å². The fourth-order valence-electron chi connectivity index (χ4n) is 1.08. The summed E-state index contributed by atoms with van der Waals surface area (Å²) in [5, 5.41) is 0. The van der Waals surface area contributed by atoms with Gasteiger partial charge in [-0.2, -0.15) is 0 Å². The van der Waals surface area contributed by atoms with E-state index in [-0.39, 0.29) is 12.4 Å². The molecule has 1 aromatic heterocycles. The minimum absolute atomic E-state index is 0.201. The van der Waals surface area contributed by atoms with Gasteiger partial charge in [-0.05, 0) is 6.42 Å². The largest absolute Gasteiger partial charge is 0.465 e. The lowest BCUT2D eigenvalue weighted by molar-refractivity contribution is -0.143. The van der Waals surface area contributed by atoms with Gasteiger partial charge in [-0.15, -0.1) is 0 Å². The van der Waals surface area contributed by atoms with Crippen LogP contribution in [0, 0.1) is 0 Å². The van der Waals surface area contributed by atoms with Gasteiger partial charge in [0.15, 0.2) is 0 Å². The molecule has 4 nitrogen and oxygen atoms in total. The normalized spacial score (nSPS) is 10.1. The van der Waals surface area contributed by atoms with Crippen LogP contribution in [-0.4, -0.2) is 22.1 Å². The zero-order valence-corrected chi connectivity index (χ0v) is 8.69. The molecule has 0 atom stereocenters. The number of rotatable bonds is 5. The van der Waals surface area contributed by atoms with Crippen molar-refractivity contribution in [2.24, 2.45) is 7.05 Å². The second-order valence-corrected chi connectivity index (χ2v) is 3.21. The van der Waals surface area contributed by atoms with E-state index < -0.39 is 0 Å². The van der Waals surface area contributed by atoms with Crippen molar-refractivity contribution in [2.45, 2.75) is 26.2 Å². The SMILES string of the molecule is CCCCOC(=O)Cc1nccn1C. The first-order valence-electron chi connectivity index (χ1n) is 4.86. The maximum absolute atomic E-state index is 11.3. The quantitative estimate of drug-likeness (QED) is 0.526. The lowest BCUT2D eigenvalue weighted by Gasteiger charge is -2.03. The van der Waals surface area contributed by atoms with E-state index in [1.165, 1.54) is 0 Å². The molecule has 0 aliphatic carbocycles. The maximum atomic E-state index is 11.3. The first-order valence-corrected chi connectivity index (χ1v) is 4.86. The molecule has 0 radical (unpaired) electrons. The number of nitrogens with zero attached hydrogens (tertiary/aromatic N) is 2. The number of carbonyl (C=O) groups is 1. The predicted molar refractivity (Wildman–Crippen MR) is 52.8 cm³/mol. The number of carbonyl (C=O) groups excluding carboxylic acids is 1. The minimum atomic E-state index is -0.201. The van der Waals surface area contributed by atoms with E-state index in [2.05, 4.69) is 11.9 Å². The van der Waals surface area contributed by atoms with E-state index in [0.717, 1.165) is 18.7 Å². The molecule has 1 heterocycles. The molecule has 0 fully saturated rings. The number of unbranched alkanes of at least 4 members (excludes halogenated alkanes) is 1. The molecule has 0 saturated heterocycles. The molecule has 78 valence electrons. The third-order valence-corrected chi connectivity index (χ3v) is 1.98. The van der Waals surface area contributed by atoms with Gasteiger partial charge in [0.05, 0.1) is 6.61 Å². The molecule has 1 rings (SSSR count). The molecule has 0 unspecified atom stereocenters. The van der Waals surface area contributed by atoms with Crippen LogP contribution >= 0.6 is 0 Å². The van der Waals surface area contributed by atoms with Gasteiger partial charge in [-0.1, -0.05) is 13.3 Å².